The molecule has 3 rings (SSSR count). The lowest BCUT2D eigenvalue weighted by atomic mass is 10.2. The van der Waals surface area contributed by atoms with Gasteiger partial charge < -0.3 is 24.6 Å². The Morgan fingerprint density at radius 3 is 2.54 bits per heavy atom. The van der Waals surface area contributed by atoms with Crippen molar-refractivity contribution in [1.82, 2.24) is 20.0 Å². The first-order valence-corrected chi connectivity index (χ1v) is 10.4. The average Bonchev–Trinajstić information content (AvgIpc) is 3.23. The van der Waals surface area contributed by atoms with Crippen LogP contribution in [0.5, 0.6) is 0 Å². The zero-order valence-electron chi connectivity index (χ0n) is 17.3. The maximum absolute atomic E-state index is 12.5. The molecular formula is C19H36IN5O3. The van der Waals surface area contributed by atoms with E-state index in [4.69, 9.17) is 14.5 Å². The Kier molecular flexibility index (Phi) is 10.2. The Balaban J connectivity index is 0.00000280. The molecule has 28 heavy (non-hydrogen) atoms. The number of amides is 1. The first-order chi connectivity index (χ1) is 13.2. The van der Waals surface area contributed by atoms with E-state index >= 15 is 0 Å². The fourth-order valence-corrected chi connectivity index (χ4v) is 3.92. The SMILES string of the molecule is CCNC(=NCCN1CCOCC1C)N1CCN(C(=O)C2CCCO2)CC1.I. The maximum Gasteiger partial charge on any atom is 0.251 e. The van der Waals surface area contributed by atoms with Gasteiger partial charge in [0.1, 0.15) is 6.10 Å². The van der Waals surface area contributed by atoms with Crippen LogP contribution >= 0.6 is 24.0 Å². The molecule has 1 N–H and O–H groups in total. The number of halogens is 1. The third-order valence-electron chi connectivity index (χ3n) is 5.58. The van der Waals surface area contributed by atoms with Crippen LogP contribution < -0.4 is 5.32 Å². The van der Waals surface area contributed by atoms with Crippen LogP contribution in [0, 0.1) is 0 Å². The van der Waals surface area contributed by atoms with Gasteiger partial charge in [0.2, 0.25) is 0 Å². The minimum atomic E-state index is -0.214. The molecule has 0 saturated carbocycles. The molecule has 2 unspecified atom stereocenters. The molecule has 0 spiro atoms. The van der Waals surface area contributed by atoms with Crippen molar-refractivity contribution in [3.05, 3.63) is 0 Å². The van der Waals surface area contributed by atoms with E-state index in [1.807, 2.05) is 4.90 Å². The van der Waals surface area contributed by atoms with Gasteiger partial charge in [-0.1, -0.05) is 0 Å². The number of nitrogens with one attached hydrogen (secondary N) is 1. The standard InChI is InChI=1S/C19H35N5O3.HI/c1-3-20-19(21-6-7-22-12-14-26-15-16(22)2)24-10-8-23(9-11-24)18(25)17-5-4-13-27-17;/h16-17H,3-15H2,1-2H3,(H,20,21);1H. The van der Waals surface area contributed by atoms with Crippen molar-refractivity contribution in [2.24, 2.45) is 4.99 Å². The van der Waals surface area contributed by atoms with Crippen molar-refractivity contribution in [2.45, 2.75) is 38.8 Å². The quantitative estimate of drug-likeness (QED) is 0.333. The molecule has 0 aromatic carbocycles. The number of aliphatic imine (C=N–C) groups is 1. The number of hydrogen-bond donors (Lipinski definition) is 1. The monoisotopic (exact) mass is 509 g/mol. The highest BCUT2D eigenvalue weighted by molar-refractivity contribution is 14.0. The van der Waals surface area contributed by atoms with Crippen LogP contribution in [0.3, 0.4) is 0 Å². The van der Waals surface area contributed by atoms with E-state index in [1.165, 1.54) is 0 Å². The predicted molar refractivity (Wildman–Crippen MR) is 120 cm³/mol. The van der Waals surface area contributed by atoms with Gasteiger partial charge in [-0.25, -0.2) is 0 Å². The van der Waals surface area contributed by atoms with Crippen LogP contribution in [-0.4, -0.2) is 111 Å². The van der Waals surface area contributed by atoms with Crippen LogP contribution in [0.1, 0.15) is 26.7 Å². The largest absolute Gasteiger partial charge is 0.379 e. The second-order valence-electron chi connectivity index (χ2n) is 7.51. The van der Waals surface area contributed by atoms with Gasteiger partial charge in [-0.2, -0.15) is 0 Å². The molecule has 1 amide bonds. The molecule has 3 aliphatic heterocycles. The molecule has 9 heteroatoms. The molecule has 0 aliphatic carbocycles. The normalized spacial score (nSPS) is 26.9. The van der Waals surface area contributed by atoms with Crippen LogP contribution in [0.2, 0.25) is 0 Å². The number of rotatable bonds is 5. The number of nitrogens with zero attached hydrogens (tertiary/aromatic N) is 4. The van der Waals surface area contributed by atoms with Gasteiger partial charge in [-0.15, -0.1) is 24.0 Å². The highest BCUT2D eigenvalue weighted by atomic mass is 127. The lowest BCUT2D eigenvalue weighted by Gasteiger charge is -2.37. The third kappa shape index (κ3) is 6.43. The molecule has 8 nitrogen and oxygen atoms in total. The van der Waals surface area contributed by atoms with Gasteiger partial charge in [0.15, 0.2) is 5.96 Å². The lowest BCUT2D eigenvalue weighted by molar-refractivity contribution is -0.142. The van der Waals surface area contributed by atoms with Gasteiger partial charge in [0.05, 0.1) is 19.8 Å². The molecule has 0 bridgehead atoms. The van der Waals surface area contributed by atoms with Crippen LogP contribution in [0.4, 0.5) is 0 Å². The summed E-state index contributed by atoms with van der Waals surface area (Å²) >= 11 is 0. The number of guanidine groups is 1. The van der Waals surface area contributed by atoms with E-state index in [9.17, 15) is 4.79 Å². The molecule has 162 valence electrons. The molecule has 3 saturated heterocycles. The van der Waals surface area contributed by atoms with E-state index in [-0.39, 0.29) is 36.0 Å². The molecule has 3 heterocycles. The number of carbonyl (C=O) groups is 1. The summed E-state index contributed by atoms with van der Waals surface area (Å²) in [5.74, 6) is 1.12. The van der Waals surface area contributed by atoms with E-state index in [0.717, 1.165) is 91.0 Å². The summed E-state index contributed by atoms with van der Waals surface area (Å²) in [5, 5.41) is 3.41. The Bertz CT molecular complexity index is 508. The number of morpholine rings is 1. The summed E-state index contributed by atoms with van der Waals surface area (Å²) in [4.78, 5) is 24.0. The highest BCUT2D eigenvalue weighted by Crippen LogP contribution is 2.16. The van der Waals surface area contributed by atoms with Crippen molar-refractivity contribution < 1.29 is 14.3 Å². The molecule has 3 fully saturated rings. The summed E-state index contributed by atoms with van der Waals surface area (Å²) in [6.45, 7) is 13.3. The predicted octanol–water partition coefficient (Wildman–Crippen LogP) is 0.614. The van der Waals surface area contributed by atoms with Gasteiger partial charge >= 0.3 is 0 Å². The maximum atomic E-state index is 12.5. The number of ether oxygens (including phenoxy) is 2. The second kappa shape index (κ2) is 12.1. The zero-order chi connectivity index (χ0) is 19.1. The Labute approximate surface area is 186 Å². The second-order valence-corrected chi connectivity index (χ2v) is 7.51. The first kappa shape index (κ1) is 23.6. The van der Waals surface area contributed by atoms with Crippen LogP contribution in [-0.2, 0) is 14.3 Å². The molecule has 0 aromatic rings. The zero-order valence-corrected chi connectivity index (χ0v) is 19.6. The van der Waals surface area contributed by atoms with Crippen molar-refractivity contribution in [3.63, 3.8) is 0 Å². The topological polar surface area (TPSA) is 69.6 Å². The number of piperazine rings is 1. The van der Waals surface area contributed by atoms with Crippen LogP contribution in [0.25, 0.3) is 0 Å². The summed E-state index contributed by atoms with van der Waals surface area (Å²) in [7, 11) is 0. The van der Waals surface area contributed by atoms with E-state index in [0.29, 0.717) is 6.04 Å². The van der Waals surface area contributed by atoms with Crippen molar-refractivity contribution in [1.29, 1.82) is 0 Å². The third-order valence-corrected chi connectivity index (χ3v) is 5.58. The van der Waals surface area contributed by atoms with Crippen molar-refractivity contribution in [2.75, 3.05) is 72.2 Å². The first-order valence-electron chi connectivity index (χ1n) is 10.4. The molecular weight excluding hydrogens is 473 g/mol. The van der Waals surface area contributed by atoms with Gasteiger partial charge in [-0.3, -0.25) is 14.7 Å². The van der Waals surface area contributed by atoms with Gasteiger partial charge in [0.25, 0.3) is 5.91 Å². The summed E-state index contributed by atoms with van der Waals surface area (Å²) in [5.41, 5.74) is 0. The molecule has 3 aliphatic rings. The Hall–Kier alpha value is -0.650. The van der Waals surface area contributed by atoms with E-state index < -0.39 is 0 Å². The minimum Gasteiger partial charge on any atom is -0.379 e. The molecule has 0 aromatic heterocycles. The summed E-state index contributed by atoms with van der Waals surface area (Å²) in [6.07, 6.45) is 1.65. The average molecular weight is 509 g/mol. The molecule has 0 radical (unpaired) electrons. The Morgan fingerprint density at radius 1 is 1.14 bits per heavy atom. The van der Waals surface area contributed by atoms with E-state index in [1.54, 1.807) is 0 Å². The summed E-state index contributed by atoms with van der Waals surface area (Å²) in [6, 6.07) is 0.462. The number of carbonyl (C=O) groups excluding carboxylic acids is 1. The highest BCUT2D eigenvalue weighted by Gasteiger charge is 2.31. The van der Waals surface area contributed by atoms with Crippen molar-refractivity contribution in [3.8, 4) is 0 Å². The fraction of sp³-hybridized carbons (Fsp3) is 0.895. The van der Waals surface area contributed by atoms with Gasteiger partial charge in [-0.05, 0) is 26.7 Å². The number of hydrogen-bond acceptors (Lipinski definition) is 5. The van der Waals surface area contributed by atoms with Crippen molar-refractivity contribution >= 4 is 35.8 Å². The smallest absolute Gasteiger partial charge is 0.251 e. The van der Waals surface area contributed by atoms with Crippen LogP contribution in [0.15, 0.2) is 4.99 Å². The lowest BCUT2D eigenvalue weighted by Crippen LogP contribution is -2.55. The van der Waals surface area contributed by atoms with Gasteiger partial charge in [0, 0.05) is 58.5 Å². The summed E-state index contributed by atoms with van der Waals surface area (Å²) < 4.78 is 11.0. The fourth-order valence-electron chi connectivity index (χ4n) is 3.92. The Morgan fingerprint density at radius 2 is 1.89 bits per heavy atom. The van der Waals surface area contributed by atoms with E-state index in [2.05, 4.69) is 29.0 Å². The minimum absolute atomic E-state index is 0. The molecule has 2 atom stereocenters.